The van der Waals surface area contributed by atoms with E-state index in [9.17, 15) is 9.18 Å². The summed E-state index contributed by atoms with van der Waals surface area (Å²) in [6, 6.07) is 0. The van der Waals surface area contributed by atoms with E-state index in [0.717, 1.165) is 0 Å². The Morgan fingerprint density at radius 3 is 3.00 bits per heavy atom. The number of alkyl halides is 1. The molecule has 9 heteroatoms. The normalized spacial score (nSPS) is 13.0. The van der Waals surface area contributed by atoms with Gasteiger partial charge in [0.05, 0.1) is 12.9 Å². The molecule has 19 heavy (non-hydrogen) atoms. The summed E-state index contributed by atoms with van der Waals surface area (Å²) in [5, 5.41) is 8.81. The van der Waals surface area contributed by atoms with Crippen LogP contribution in [0.3, 0.4) is 0 Å². The fraction of sp³-hybridized carbons (Fsp3) is 0.500. The van der Waals surface area contributed by atoms with Crippen LogP contribution in [0.1, 0.15) is 0 Å². The van der Waals surface area contributed by atoms with Crippen LogP contribution in [0.25, 0.3) is 11.2 Å². The number of aliphatic hydroxyl groups excluding tert-OH is 1. The van der Waals surface area contributed by atoms with Crippen LogP contribution in [-0.4, -0.2) is 43.6 Å². The molecule has 0 aliphatic rings. The van der Waals surface area contributed by atoms with Crippen LogP contribution in [-0.2, 0) is 18.5 Å². The van der Waals surface area contributed by atoms with Gasteiger partial charge in [0.1, 0.15) is 19.5 Å². The largest absolute Gasteiger partial charge is 0.394 e. The number of nitrogens with two attached hydrogens (primary N) is 1. The molecular weight excluding hydrogens is 257 g/mol. The number of fused-ring (bicyclic) bond motifs is 1. The van der Waals surface area contributed by atoms with Crippen molar-refractivity contribution in [3.8, 4) is 0 Å². The van der Waals surface area contributed by atoms with E-state index in [2.05, 4.69) is 9.97 Å². The first kappa shape index (κ1) is 13.4. The lowest BCUT2D eigenvalue weighted by atomic mass is 10.4. The van der Waals surface area contributed by atoms with E-state index < -0.39 is 19.4 Å². The summed E-state index contributed by atoms with van der Waals surface area (Å²) in [6.07, 6.45) is 0.437. The molecule has 8 nitrogen and oxygen atoms in total. The summed E-state index contributed by atoms with van der Waals surface area (Å²) < 4.78 is 20.1. The summed E-state index contributed by atoms with van der Waals surface area (Å²) in [6.45, 7) is -1.31. The highest BCUT2D eigenvalue weighted by Gasteiger charge is 2.13. The molecule has 0 saturated carbocycles. The average Bonchev–Trinajstić information content (AvgIpc) is 2.80. The second-order valence-corrected chi connectivity index (χ2v) is 3.98. The first-order valence-electron chi connectivity index (χ1n) is 5.54. The number of halogens is 1. The standard InChI is InChI=1S/C10H14FN5O3/c1-15-9(18)7-8(14-10(15)12)16(4-13-7)5-19-6(2-11)3-17/h4,6,17H,2-3,5H2,1H3,(H2,12,14)/i11+0. The van der Waals surface area contributed by atoms with Gasteiger partial charge in [-0.3, -0.25) is 13.9 Å². The van der Waals surface area contributed by atoms with Crippen LogP contribution in [0.15, 0.2) is 11.1 Å². The van der Waals surface area contributed by atoms with Crippen LogP contribution < -0.4 is 11.3 Å². The lowest BCUT2D eigenvalue weighted by Crippen LogP contribution is -2.23. The lowest BCUT2D eigenvalue weighted by molar-refractivity contribution is -0.0336. The van der Waals surface area contributed by atoms with Gasteiger partial charge >= 0.3 is 0 Å². The highest BCUT2D eigenvalue weighted by atomic mass is 19.1. The van der Waals surface area contributed by atoms with Crippen molar-refractivity contribution >= 4 is 17.1 Å². The monoisotopic (exact) mass is 271 g/mol. The van der Waals surface area contributed by atoms with Gasteiger partial charge in [0.25, 0.3) is 5.56 Å². The average molecular weight is 271 g/mol. The molecule has 0 aromatic carbocycles. The van der Waals surface area contributed by atoms with Gasteiger partial charge in [0.15, 0.2) is 11.2 Å². The van der Waals surface area contributed by atoms with E-state index in [1.54, 1.807) is 0 Å². The van der Waals surface area contributed by atoms with Gasteiger partial charge in [-0.05, 0) is 0 Å². The van der Waals surface area contributed by atoms with Crippen molar-refractivity contribution < 1.29 is 14.2 Å². The maximum absolute atomic E-state index is 12.4. The van der Waals surface area contributed by atoms with Crippen LogP contribution in [0, 0.1) is 0 Å². The molecule has 0 bridgehead atoms. The third kappa shape index (κ3) is 2.42. The van der Waals surface area contributed by atoms with E-state index in [-0.39, 0.29) is 29.4 Å². The summed E-state index contributed by atoms with van der Waals surface area (Å²) in [5.74, 6) is 0.0449. The molecule has 0 fully saturated rings. The number of ether oxygens (including phenoxy) is 1. The maximum Gasteiger partial charge on any atom is 0.282 e. The highest BCUT2D eigenvalue weighted by molar-refractivity contribution is 5.70. The van der Waals surface area contributed by atoms with Crippen molar-refractivity contribution in [3.05, 3.63) is 16.7 Å². The van der Waals surface area contributed by atoms with Crippen molar-refractivity contribution in [1.82, 2.24) is 19.1 Å². The van der Waals surface area contributed by atoms with Crippen LogP contribution in [0.4, 0.5) is 10.3 Å². The molecule has 2 aromatic rings. The first-order valence-corrected chi connectivity index (χ1v) is 5.54. The fourth-order valence-electron chi connectivity index (χ4n) is 1.52. The Balaban J connectivity index is 2.33. The van der Waals surface area contributed by atoms with Gasteiger partial charge < -0.3 is 15.6 Å². The smallest absolute Gasteiger partial charge is 0.282 e. The molecule has 2 heterocycles. The predicted molar refractivity (Wildman–Crippen MR) is 65.1 cm³/mol. The minimum Gasteiger partial charge on any atom is -0.394 e. The number of rotatable bonds is 5. The molecule has 0 radical (unpaired) electrons. The molecule has 0 spiro atoms. The Labute approximate surface area is 107 Å². The number of hydrogen-bond acceptors (Lipinski definition) is 6. The molecule has 3 N–H and O–H groups in total. The molecule has 0 aliphatic carbocycles. The zero-order valence-electron chi connectivity index (χ0n) is 10.3. The molecule has 1 unspecified atom stereocenters. The molecule has 0 saturated heterocycles. The molecule has 104 valence electrons. The van der Waals surface area contributed by atoms with Gasteiger partial charge in [-0.1, -0.05) is 0 Å². The van der Waals surface area contributed by atoms with E-state index >= 15 is 0 Å². The molecular formula is C10H14FN5O3. The molecule has 2 rings (SSSR count). The van der Waals surface area contributed by atoms with Crippen molar-refractivity contribution in [2.45, 2.75) is 12.8 Å². The van der Waals surface area contributed by atoms with Crippen molar-refractivity contribution in [2.75, 3.05) is 19.0 Å². The van der Waals surface area contributed by atoms with Gasteiger partial charge in [-0.25, -0.2) is 9.37 Å². The van der Waals surface area contributed by atoms with Crippen LogP contribution >= 0.6 is 0 Å². The number of nitrogens with zero attached hydrogens (tertiary/aromatic N) is 4. The SMILES string of the molecule is Cn1c(N)nc2c(ncn2COC(CO)C[19F])c1=O. The second-order valence-electron chi connectivity index (χ2n) is 3.98. The van der Waals surface area contributed by atoms with Crippen molar-refractivity contribution in [3.63, 3.8) is 0 Å². The Hall–Kier alpha value is -2.00. The number of hydrogen-bond donors (Lipinski definition) is 2. The van der Waals surface area contributed by atoms with Crippen molar-refractivity contribution in [1.29, 1.82) is 0 Å². The lowest BCUT2D eigenvalue weighted by Gasteiger charge is -2.12. The Morgan fingerprint density at radius 1 is 1.63 bits per heavy atom. The summed E-state index contributed by atoms with van der Waals surface area (Å²) in [5.41, 5.74) is 5.64. The Kier molecular flexibility index (Phi) is 3.76. The maximum atomic E-state index is 12.4. The Bertz CT molecular complexity index is 634. The van der Waals surface area contributed by atoms with Gasteiger partial charge in [0.2, 0.25) is 5.95 Å². The highest BCUT2D eigenvalue weighted by Crippen LogP contribution is 2.08. The number of imidazole rings is 1. The van der Waals surface area contributed by atoms with Crippen molar-refractivity contribution in [2.24, 2.45) is 7.05 Å². The fourth-order valence-corrected chi connectivity index (χ4v) is 1.52. The van der Waals surface area contributed by atoms with E-state index in [0.29, 0.717) is 0 Å². The van der Waals surface area contributed by atoms with Gasteiger partial charge in [-0.15, -0.1) is 0 Å². The molecule has 1 atom stereocenters. The zero-order chi connectivity index (χ0) is 14.0. The minimum absolute atomic E-state index is 0.0449. The number of aromatic nitrogens is 4. The summed E-state index contributed by atoms with van der Waals surface area (Å²) in [4.78, 5) is 19.8. The molecule has 0 aliphatic heterocycles. The van der Waals surface area contributed by atoms with Crippen LogP contribution in [0.5, 0.6) is 0 Å². The zero-order valence-corrected chi connectivity index (χ0v) is 10.3. The quantitative estimate of drug-likeness (QED) is 0.723. The predicted octanol–water partition coefficient (Wildman–Crippen LogP) is -0.983. The number of nitrogen functional groups attached to an aromatic ring is 1. The minimum atomic E-state index is -0.915. The Morgan fingerprint density at radius 2 is 2.37 bits per heavy atom. The third-order valence-electron chi connectivity index (χ3n) is 2.71. The molecule has 2 aromatic heterocycles. The second kappa shape index (κ2) is 5.33. The summed E-state index contributed by atoms with van der Waals surface area (Å²) in [7, 11) is 1.49. The van der Waals surface area contributed by atoms with Gasteiger partial charge in [0, 0.05) is 7.05 Å². The van der Waals surface area contributed by atoms with E-state index in [1.165, 1.54) is 22.5 Å². The van der Waals surface area contributed by atoms with Crippen LogP contribution in [0.2, 0.25) is 0 Å². The first-order chi connectivity index (χ1) is 9.08. The topological polar surface area (TPSA) is 108 Å². The third-order valence-corrected chi connectivity index (χ3v) is 2.71. The number of anilines is 1. The van der Waals surface area contributed by atoms with Gasteiger partial charge in [-0.2, -0.15) is 4.98 Å². The van der Waals surface area contributed by atoms with E-state index in [1.807, 2.05) is 0 Å². The van der Waals surface area contributed by atoms with E-state index in [4.69, 9.17) is 15.6 Å². The number of aliphatic hydroxyl groups is 1. The summed E-state index contributed by atoms with van der Waals surface area (Å²) >= 11 is 0. The molecule has 0 amide bonds.